The van der Waals surface area contributed by atoms with Gasteiger partial charge in [0, 0.05) is 50.7 Å². The van der Waals surface area contributed by atoms with Gasteiger partial charge in [-0.1, -0.05) is 13.8 Å². The van der Waals surface area contributed by atoms with Crippen LogP contribution in [0.1, 0.15) is 78.6 Å². The van der Waals surface area contributed by atoms with E-state index in [1.807, 2.05) is 18.7 Å². The van der Waals surface area contributed by atoms with E-state index in [1.54, 1.807) is 0 Å². The molecular weight excluding hydrogens is 468 g/mol. The number of carbonyl (C=O) groups excluding carboxylic acids is 3. The highest BCUT2D eigenvalue weighted by Crippen LogP contribution is 2.60. The second-order valence-electron chi connectivity index (χ2n) is 11.5. The molecule has 5 saturated heterocycles. The number of hydrogen-bond donors (Lipinski definition) is 1. The molecule has 0 radical (unpaired) electrons. The van der Waals surface area contributed by atoms with Crippen LogP contribution in [0.5, 0.6) is 0 Å². The van der Waals surface area contributed by atoms with Crippen molar-refractivity contribution in [2.45, 2.75) is 103 Å². The van der Waals surface area contributed by atoms with Gasteiger partial charge in [-0.3, -0.25) is 14.4 Å². The highest BCUT2D eigenvalue weighted by molar-refractivity contribution is 5.81. The quantitative estimate of drug-likeness (QED) is 0.303. The molecule has 0 aromatic heterocycles. The first-order valence-corrected chi connectivity index (χ1v) is 13.7. The van der Waals surface area contributed by atoms with Gasteiger partial charge in [0.05, 0.1) is 6.42 Å². The van der Waals surface area contributed by atoms with Gasteiger partial charge >= 0.3 is 5.97 Å². The summed E-state index contributed by atoms with van der Waals surface area (Å²) in [6.07, 6.45) is 4.46. The Kier molecular flexibility index (Phi) is 7.33. The molecule has 0 unspecified atom stereocenters. The topological polar surface area (TPSA) is 113 Å². The van der Waals surface area contributed by atoms with Gasteiger partial charge in [0.15, 0.2) is 11.9 Å². The van der Waals surface area contributed by atoms with E-state index in [4.69, 9.17) is 24.0 Å². The van der Waals surface area contributed by atoms with Gasteiger partial charge in [-0.05, 0) is 50.9 Å². The number of nitrogens with zero attached hydrogens (tertiary/aromatic N) is 1. The number of amides is 2. The van der Waals surface area contributed by atoms with Crippen molar-refractivity contribution in [3.05, 3.63) is 0 Å². The van der Waals surface area contributed by atoms with Crippen molar-refractivity contribution >= 4 is 17.8 Å². The smallest absolute Gasteiger partial charge is 0.308 e. The molecule has 5 aliphatic heterocycles. The maximum atomic E-state index is 12.7. The van der Waals surface area contributed by atoms with Gasteiger partial charge < -0.3 is 24.4 Å². The number of hydrogen-bond acceptors (Lipinski definition) is 8. The molecule has 6 fully saturated rings. The summed E-state index contributed by atoms with van der Waals surface area (Å²) < 4.78 is 18.3. The standard InChI is InChI=1S/C26H40N2O8/c1-16-7-8-19-17(2)23(33-24-26(19)18(16)11-12-25(3,34-24)35-36-26)32-22(31)10-9-20(29)27-13-5-15-28-14-4-6-21(28)30/h16-19,23-24H,4-15H2,1-3H3,(H,27,29)/t16-,17-,18+,19-,23-,24-,25-,26-/m1/s1. The van der Waals surface area contributed by atoms with Crippen molar-refractivity contribution in [3.8, 4) is 0 Å². The summed E-state index contributed by atoms with van der Waals surface area (Å²) in [5, 5.41) is 2.82. The van der Waals surface area contributed by atoms with E-state index in [9.17, 15) is 14.4 Å². The highest BCUT2D eigenvalue weighted by Gasteiger charge is 2.69. The lowest BCUT2D eigenvalue weighted by molar-refractivity contribution is -0.576. The van der Waals surface area contributed by atoms with E-state index in [0.717, 1.165) is 38.6 Å². The van der Waals surface area contributed by atoms with Gasteiger partial charge in [0.25, 0.3) is 0 Å². The Labute approximate surface area is 212 Å². The lowest BCUT2D eigenvalue weighted by atomic mass is 9.58. The first-order chi connectivity index (χ1) is 17.2. The summed E-state index contributed by atoms with van der Waals surface area (Å²) in [7, 11) is 0. The molecule has 1 aliphatic carbocycles. The van der Waals surface area contributed by atoms with Gasteiger partial charge in [-0.2, -0.15) is 0 Å². The summed E-state index contributed by atoms with van der Waals surface area (Å²) in [5.74, 6) is -0.694. The lowest BCUT2D eigenvalue weighted by Gasteiger charge is -2.59. The molecule has 202 valence electrons. The van der Waals surface area contributed by atoms with Gasteiger partial charge in [0.1, 0.15) is 0 Å². The molecule has 2 amide bonds. The van der Waals surface area contributed by atoms with E-state index < -0.39 is 29.9 Å². The number of fused-ring (bicyclic) bond motifs is 2. The zero-order chi connectivity index (χ0) is 25.5. The molecule has 0 aromatic carbocycles. The van der Waals surface area contributed by atoms with E-state index >= 15 is 0 Å². The molecule has 5 heterocycles. The van der Waals surface area contributed by atoms with E-state index in [2.05, 4.69) is 12.2 Å². The Morgan fingerprint density at radius 2 is 1.97 bits per heavy atom. The summed E-state index contributed by atoms with van der Waals surface area (Å²) in [4.78, 5) is 50.2. The third-order valence-corrected chi connectivity index (χ3v) is 9.00. The molecule has 0 aromatic rings. The first kappa shape index (κ1) is 25.9. The van der Waals surface area contributed by atoms with Crippen molar-refractivity contribution in [3.63, 3.8) is 0 Å². The number of carbonyl (C=O) groups is 3. The van der Waals surface area contributed by atoms with Gasteiger partial charge in [-0.25, -0.2) is 9.78 Å². The monoisotopic (exact) mass is 508 g/mol. The third-order valence-electron chi connectivity index (χ3n) is 9.00. The minimum absolute atomic E-state index is 0.0264. The molecule has 6 rings (SSSR count). The minimum Gasteiger partial charge on any atom is -0.435 e. The van der Waals surface area contributed by atoms with E-state index in [-0.39, 0.29) is 42.4 Å². The molecule has 10 heteroatoms. The summed E-state index contributed by atoms with van der Waals surface area (Å²) in [6, 6.07) is 0. The second kappa shape index (κ2) is 10.2. The maximum absolute atomic E-state index is 12.7. The molecule has 6 aliphatic rings. The van der Waals surface area contributed by atoms with Gasteiger partial charge in [-0.15, -0.1) is 0 Å². The van der Waals surface area contributed by atoms with Gasteiger partial charge in [0.2, 0.25) is 23.9 Å². The van der Waals surface area contributed by atoms with Crippen molar-refractivity contribution in [2.75, 3.05) is 19.6 Å². The summed E-state index contributed by atoms with van der Waals surface area (Å²) in [6.45, 7) is 8.07. The molecule has 8 atom stereocenters. The Bertz CT molecular complexity index is 869. The molecule has 1 saturated carbocycles. The van der Waals surface area contributed by atoms with Crippen LogP contribution in [0.2, 0.25) is 0 Å². The van der Waals surface area contributed by atoms with Crippen LogP contribution in [-0.2, 0) is 38.4 Å². The Morgan fingerprint density at radius 3 is 2.75 bits per heavy atom. The van der Waals surface area contributed by atoms with Crippen LogP contribution in [0.25, 0.3) is 0 Å². The fourth-order valence-electron chi connectivity index (χ4n) is 6.94. The zero-order valence-corrected chi connectivity index (χ0v) is 21.7. The predicted molar refractivity (Wildman–Crippen MR) is 126 cm³/mol. The SMILES string of the molecule is C[C@H]1[C@H](OC(=O)CCC(=O)NCCCN2CCCC2=O)O[C@@H]2O[C@@]3(C)CC[C@H]4[C@H](C)CC[C@H]1[C@@]24OO3. The minimum atomic E-state index is -0.882. The van der Waals surface area contributed by atoms with Crippen molar-refractivity contribution in [2.24, 2.45) is 23.7 Å². The lowest BCUT2D eigenvalue weighted by Crippen LogP contribution is -2.70. The number of nitrogens with one attached hydrogen (secondary N) is 1. The molecule has 36 heavy (non-hydrogen) atoms. The first-order valence-electron chi connectivity index (χ1n) is 13.7. The average molecular weight is 509 g/mol. The number of ether oxygens (including phenoxy) is 3. The maximum Gasteiger partial charge on any atom is 0.308 e. The van der Waals surface area contributed by atoms with Crippen LogP contribution >= 0.6 is 0 Å². The summed E-state index contributed by atoms with van der Waals surface area (Å²) >= 11 is 0. The van der Waals surface area contributed by atoms with Crippen LogP contribution < -0.4 is 5.32 Å². The van der Waals surface area contributed by atoms with Crippen molar-refractivity contribution in [1.29, 1.82) is 0 Å². The Morgan fingerprint density at radius 1 is 1.14 bits per heavy atom. The normalized spacial score (nSPS) is 41.5. The highest BCUT2D eigenvalue weighted by atomic mass is 17.3. The second-order valence-corrected chi connectivity index (χ2v) is 11.5. The molecule has 1 N–H and O–H groups in total. The Hall–Kier alpha value is -1.75. The number of esters is 1. The molecule has 1 spiro atoms. The van der Waals surface area contributed by atoms with Crippen LogP contribution in [0.15, 0.2) is 0 Å². The molecule has 10 nitrogen and oxygen atoms in total. The van der Waals surface area contributed by atoms with E-state index in [1.165, 1.54) is 0 Å². The van der Waals surface area contributed by atoms with E-state index in [0.29, 0.717) is 31.8 Å². The van der Waals surface area contributed by atoms with Crippen molar-refractivity contribution in [1.82, 2.24) is 10.2 Å². The average Bonchev–Trinajstić information content (AvgIpc) is 3.12. The van der Waals surface area contributed by atoms with Crippen LogP contribution in [0.4, 0.5) is 0 Å². The van der Waals surface area contributed by atoms with Crippen molar-refractivity contribution < 1.29 is 38.4 Å². The zero-order valence-electron chi connectivity index (χ0n) is 21.7. The largest absolute Gasteiger partial charge is 0.435 e. The fourth-order valence-corrected chi connectivity index (χ4v) is 6.94. The van der Waals surface area contributed by atoms with Crippen LogP contribution in [0.3, 0.4) is 0 Å². The third kappa shape index (κ3) is 4.77. The molecular formula is C26H40N2O8. The van der Waals surface area contributed by atoms with Crippen LogP contribution in [-0.4, -0.2) is 66.3 Å². The predicted octanol–water partition coefficient (Wildman–Crippen LogP) is 2.65. The fraction of sp³-hybridized carbons (Fsp3) is 0.885. The molecule has 2 bridgehead atoms. The van der Waals surface area contributed by atoms with Crippen LogP contribution in [0, 0.1) is 23.7 Å². The Balaban J connectivity index is 1.12. The summed E-state index contributed by atoms with van der Waals surface area (Å²) in [5.41, 5.74) is -0.699. The number of likely N-dealkylation sites (tertiary alicyclic amines) is 1. The number of rotatable bonds is 8.